The van der Waals surface area contributed by atoms with Crippen molar-refractivity contribution in [2.45, 2.75) is 44.9 Å². The zero-order valence-electron chi connectivity index (χ0n) is 12.5. The van der Waals surface area contributed by atoms with E-state index >= 15 is 0 Å². The van der Waals surface area contributed by atoms with Crippen molar-refractivity contribution in [2.24, 2.45) is 5.92 Å². The molecule has 1 aliphatic heterocycles. The first kappa shape index (κ1) is 17.6. The Kier molecular flexibility index (Phi) is 6.15. The van der Waals surface area contributed by atoms with Crippen molar-refractivity contribution in [2.75, 3.05) is 13.1 Å². The maximum Gasteiger partial charge on any atom is 0.417 e. The van der Waals surface area contributed by atoms with Crippen LogP contribution in [0.15, 0.2) is 22.7 Å². The second kappa shape index (κ2) is 7.68. The fourth-order valence-electron chi connectivity index (χ4n) is 2.73. The minimum atomic E-state index is -4.38. The summed E-state index contributed by atoms with van der Waals surface area (Å²) in [5, 5.41) is 3.33. The number of benzene rings is 1. The molecule has 0 saturated carbocycles. The van der Waals surface area contributed by atoms with Crippen molar-refractivity contribution in [1.29, 1.82) is 0 Å². The smallest absolute Gasteiger partial charge is 0.417 e. The molecule has 0 aliphatic carbocycles. The average Bonchev–Trinajstić information content (AvgIpc) is 2.47. The van der Waals surface area contributed by atoms with Crippen LogP contribution in [0.25, 0.3) is 0 Å². The molecule has 1 saturated heterocycles. The molecule has 0 unspecified atom stereocenters. The Morgan fingerprint density at radius 2 is 2.00 bits per heavy atom. The zero-order chi connectivity index (χ0) is 16.2. The van der Waals surface area contributed by atoms with E-state index in [2.05, 4.69) is 21.2 Å². The summed E-state index contributed by atoms with van der Waals surface area (Å²) >= 11 is 2.93. The topological polar surface area (TPSA) is 21.3 Å². The van der Waals surface area contributed by atoms with Crippen LogP contribution in [0, 0.1) is 5.92 Å². The highest BCUT2D eigenvalue weighted by Crippen LogP contribution is 2.37. The first-order valence-corrected chi connectivity index (χ1v) is 8.39. The van der Waals surface area contributed by atoms with Crippen molar-refractivity contribution in [3.63, 3.8) is 0 Å². The van der Waals surface area contributed by atoms with Gasteiger partial charge in [0, 0.05) is 4.47 Å². The lowest BCUT2D eigenvalue weighted by molar-refractivity contribution is -0.138. The molecule has 1 N–H and O–H groups in total. The third-order valence-corrected chi connectivity index (χ3v) is 4.71. The summed E-state index contributed by atoms with van der Waals surface area (Å²) in [4.78, 5) is 0. The van der Waals surface area contributed by atoms with Crippen molar-refractivity contribution in [3.8, 4) is 5.75 Å². The maximum atomic E-state index is 12.9. The number of nitrogens with one attached hydrogen (secondary N) is 1. The van der Waals surface area contributed by atoms with Crippen LogP contribution in [0.1, 0.15) is 38.2 Å². The van der Waals surface area contributed by atoms with Crippen molar-refractivity contribution >= 4 is 15.9 Å². The predicted octanol–water partition coefficient (Wildman–Crippen LogP) is 5.02. The van der Waals surface area contributed by atoms with E-state index in [0.29, 0.717) is 5.92 Å². The van der Waals surface area contributed by atoms with E-state index in [0.717, 1.165) is 32.0 Å². The number of hydrogen-bond donors (Lipinski definition) is 1. The maximum absolute atomic E-state index is 12.9. The summed E-state index contributed by atoms with van der Waals surface area (Å²) in [7, 11) is 0. The lowest BCUT2D eigenvalue weighted by Gasteiger charge is -2.24. The second-order valence-electron chi connectivity index (χ2n) is 5.84. The van der Waals surface area contributed by atoms with Gasteiger partial charge in [-0.15, -0.1) is 0 Å². The highest BCUT2D eigenvalue weighted by Gasteiger charge is 2.33. The Morgan fingerprint density at radius 1 is 1.32 bits per heavy atom. The van der Waals surface area contributed by atoms with Gasteiger partial charge in [0.25, 0.3) is 0 Å². The van der Waals surface area contributed by atoms with E-state index < -0.39 is 11.7 Å². The fraction of sp³-hybridized carbons (Fsp3) is 0.625. The van der Waals surface area contributed by atoms with E-state index in [1.165, 1.54) is 18.9 Å². The van der Waals surface area contributed by atoms with Crippen molar-refractivity contribution in [3.05, 3.63) is 28.2 Å². The third-order valence-electron chi connectivity index (χ3n) is 4.02. The third kappa shape index (κ3) is 5.16. The molecular weight excluding hydrogens is 359 g/mol. The molecule has 2 nitrogen and oxygen atoms in total. The molecule has 1 aromatic rings. The fourth-order valence-corrected chi connectivity index (χ4v) is 3.20. The van der Waals surface area contributed by atoms with Crippen LogP contribution in [0.3, 0.4) is 0 Å². The van der Waals surface area contributed by atoms with Gasteiger partial charge in [0.1, 0.15) is 5.75 Å². The number of halogens is 4. The average molecular weight is 380 g/mol. The van der Waals surface area contributed by atoms with Gasteiger partial charge in [-0.05, 0) is 69.8 Å². The second-order valence-corrected chi connectivity index (χ2v) is 6.69. The molecule has 0 bridgehead atoms. The van der Waals surface area contributed by atoms with Crippen LogP contribution < -0.4 is 10.1 Å². The normalized spacial score (nSPS) is 18.2. The monoisotopic (exact) mass is 379 g/mol. The number of rotatable bonds is 5. The SMILES string of the molecule is C[C@@H](CCC1CCNCC1)Oc1ccc(Br)c(C(F)(F)F)c1. The summed E-state index contributed by atoms with van der Waals surface area (Å²) in [6.07, 6.45) is -0.200. The van der Waals surface area contributed by atoms with Crippen molar-refractivity contribution in [1.82, 2.24) is 5.32 Å². The van der Waals surface area contributed by atoms with Gasteiger partial charge in [-0.3, -0.25) is 0 Å². The van der Waals surface area contributed by atoms with Gasteiger partial charge in [0.05, 0.1) is 11.7 Å². The lowest BCUT2D eigenvalue weighted by Crippen LogP contribution is -2.28. The molecule has 1 heterocycles. The van der Waals surface area contributed by atoms with Gasteiger partial charge >= 0.3 is 6.18 Å². The van der Waals surface area contributed by atoms with Gasteiger partial charge < -0.3 is 10.1 Å². The molecule has 1 aromatic carbocycles. The molecule has 0 amide bonds. The molecule has 1 fully saturated rings. The summed E-state index contributed by atoms with van der Waals surface area (Å²) in [5.41, 5.74) is -0.699. The number of alkyl halides is 3. The number of piperidine rings is 1. The molecule has 1 aliphatic rings. The first-order valence-electron chi connectivity index (χ1n) is 7.60. The molecule has 0 radical (unpaired) electrons. The summed E-state index contributed by atoms with van der Waals surface area (Å²) < 4.78 is 44.3. The van der Waals surface area contributed by atoms with Gasteiger partial charge in [-0.1, -0.05) is 15.9 Å². The van der Waals surface area contributed by atoms with E-state index in [4.69, 9.17) is 4.74 Å². The summed E-state index contributed by atoms with van der Waals surface area (Å²) in [5.74, 6) is 0.969. The number of hydrogen-bond acceptors (Lipinski definition) is 2. The molecule has 22 heavy (non-hydrogen) atoms. The Balaban J connectivity index is 1.89. The zero-order valence-corrected chi connectivity index (χ0v) is 14.1. The van der Waals surface area contributed by atoms with Gasteiger partial charge in [-0.2, -0.15) is 13.2 Å². The van der Waals surface area contributed by atoms with Crippen LogP contribution >= 0.6 is 15.9 Å². The molecular formula is C16H21BrF3NO. The van der Waals surface area contributed by atoms with E-state index in [9.17, 15) is 13.2 Å². The molecule has 6 heteroatoms. The predicted molar refractivity (Wildman–Crippen MR) is 84.1 cm³/mol. The van der Waals surface area contributed by atoms with Crippen molar-refractivity contribution < 1.29 is 17.9 Å². The van der Waals surface area contributed by atoms with Gasteiger partial charge in [0.15, 0.2) is 0 Å². The number of ether oxygens (including phenoxy) is 1. The highest BCUT2D eigenvalue weighted by molar-refractivity contribution is 9.10. The van der Waals surface area contributed by atoms with E-state index in [1.54, 1.807) is 6.07 Å². The first-order chi connectivity index (χ1) is 10.4. The van der Waals surface area contributed by atoms with Gasteiger partial charge in [-0.25, -0.2) is 0 Å². The molecule has 2 rings (SSSR count). The Morgan fingerprint density at radius 3 is 2.64 bits per heavy atom. The van der Waals surface area contributed by atoms with E-state index in [1.807, 2.05) is 6.92 Å². The largest absolute Gasteiger partial charge is 0.491 e. The Bertz CT molecular complexity index is 487. The Labute approximate surface area is 137 Å². The molecule has 1 atom stereocenters. The van der Waals surface area contributed by atoms with E-state index in [-0.39, 0.29) is 16.3 Å². The van der Waals surface area contributed by atoms with Crippen LogP contribution in [-0.4, -0.2) is 19.2 Å². The summed E-state index contributed by atoms with van der Waals surface area (Å²) in [6, 6.07) is 4.02. The van der Waals surface area contributed by atoms with Gasteiger partial charge in [0.2, 0.25) is 0 Å². The van der Waals surface area contributed by atoms with Crippen LogP contribution in [0.5, 0.6) is 5.75 Å². The standard InChI is InChI=1S/C16H21BrF3NO/c1-11(2-3-12-6-8-21-9-7-12)22-13-4-5-15(17)14(10-13)16(18,19)20/h4-5,10-12,21H,2-3,6-9H2,1H3/t11-/m0/s1. The molecule has 0 aromatic heterocycles. The minimum Gasteiger partial charge on any atom is -0.491 e. The Hall–Kier alpha value is -0.750. The molecule has 124 valence electrons. The highest BCUT2D eigenvalue weighted by atomic mass is 79.9. The quantitative estimate of drug-likeness (QED) is 0.775. The van der Waals surface area contributed by atoms with Crippen LogP contribution in [0.2, 0.25) is 0 Å². The lowest BCUT2D eigenvalue weighted by atomic mass is 9.92. The minimum absolute atomic E-state index is 0.0368. The van der Waals surface area contributed by atoms with Crippen LogP contribution in [0.4, 0.5) is 13.2 Å². The summed E-state index contributed by atoms with van der Waals surface area (Å²) in [6.45, 7) is 4.03. The molecule has 0 spiro atoms. The van der Waals surface area contributed by atoms with Crippen LogP contribution in [-0.2, 0) is 6.18 Å².